The lowest BCUT2D eigenvalue weighted by atomic mass is 10.0. The van der Waals surface area contributed by atoms with E-state index < -0.39 is 8.46 Å². The second-order valence-corrected chi connectivity index (χ2v) is 4.47. The summed E-state index contributed by atoms with van der Waals surface area (Å²) in [5, 5.41) is 0. The Morgan fingerprint density at radius 1 is 0.765 bits per heavy atom. The molecule has 86 valence electrons. The summed E-state index contributed by atoms with van der Waals surface area (Å²) in [7, 11) is -0.598. The molecule has 1 atom stereocenters. The van der Waals surface area contributed by atoms with Gasteiger partial charge in [-0.3, -0.25) is 0 Å². The van der Waals surface area contributed by atoms with Crippen LogP contribution in [0.1, 0.15) is 16.8 Å². The molecule has 2 rings (SSSR count). The minimum absolute atomic E-state index is 0.333. The zero-order valence-corrected chi connectivity index (χ0v) is 9.86. The summed E-state index contributed by atoms with van der Waals surface area (Å²) in [5.74, 6) is -0.665. The van der Waals surface area contributed by atoms with Crippen molar-refractivity contribution < 1.29 is 13.3 Å². The van der Waals surface area contributed by atoms with Crippen LogP contribution in [-0.2, 0) is 4.57 Å². The van der Waals surface area contributed by atoms with Crippen LogP contribution in [-0.4, -0.2) is 0 Å². The van der Waals surface area contributed by atoms with Crippen LogP contribution in [0.3, 0.4) is 0 Å². The topological polar surface area (TPSA) is 17.1 Å². The fourth-order valence-electron chi connectivity index (χ4n) is 1.64. The van der Waals surface area contributed by atoms with Crippen LogP contribution in [0, 0.1) is 11.6 Å². The molecule has 0 saturated carbocycles. The lowest BCUT2D eigenvalue weighted by Crippen LogP contribution is -1.93. The van der Waals surface area contributed by atoms with Gasteiger partial charge in [-0.05, 0) is 24.3 Å². The number of hydrogen-bond acceptors (Lipinski definition) is 1. The van der Waals surface area contributed by atoms with Crippen LogP contribution < -0.4 is 0 Å². The van der Waals surface area contributed by atoms with Gasteiger partial charge in [-0.2, -0.15) is 0 Å². The van der Waals surface area contributed by atoms with Crippen LogP contribution in [0.15, 0.2) is 48.5 Å². The number of halogens is 2. The standard InChI is InChI=1S/C13H9F2OP/c14-11-5-1-9(2-6-11)13(17-16)10-3-7-12(15)8-4-10/h1-8,13H/p+1. The Kier molecular flexibility index (Phi) is 3.60. The van der Waals surface area contributed by atoms with Gasteiger partial charge in [0.1, 0.15) is 11.6 Å². The lowest BCUT2D eigenvalue weighted by Gasteiger charge is -2.04. The van der Waals surface area contributed by atoms with E-state index in [1.54, 1.807) is 24.3 Å². The van der Waals surface area contributed by atoms with Gasteiger partial charge >= 0.3 is 8.46 Å². The summed E-state index contributed by atoms with van der Waals surface area (Å²) >= 11 is 0. The molecular weight excluding hydrogens is 241 g/mol. The highest BCUT2D eigenvalue weighted by atomic mass is 31.1. The fourth-order valence-corrected chi connectivity index (χ4v) is 2.30. The van der Waals surface area contributed by atoms with E-state index in [-0.39, 0.29) is 17.3 Å². The molecule has 0 radical (unpaired) electrons. The lowest BCUT2D eigenvalue weighted by molar-refractivity contribution is 0.594. The Hall–Kier alpha value is -1.60. The SMILES string of the molecule is O=[PH+]C(c1ccc(F)cc1)c1ccc(F)cc1. The van der Waals surface area contributed by atoms with Gasteiger partial charge in [0.05, 0.1) is 0 Å². The third-order valence-electron chi connectivity index (χ3n) is 2.52. The van der Waals surface area contributed by atoms with Crippen molar-refractivity contribution >= 4 is 8.46 Å². The number of benzene rings is 2. The summed E-state index contributed by atoms with van der Waals surface area (Å²) in [5.41, 5.74) is 1.17. The largest absolute Gasteiger partial charge is 0.337 e. The third kappa shape index (κ3) is 2.75. The maximum atomic E-state index is 12.8. The first-order valence-electron chi connectivity index (χ1n) is 5.09. The van der Waals surface area contributed by atoms with E-state index in [0.717, 1.165) is 11.1 Å². The monoisotopic (exact) mass is 251 g/mol. The number of rotatable bonds is 3. The maximum absolute atomic E-state index is 12.8. The Bertz CT molecular complexity index is 462. The van der Waals surface area contributed by atoms with E-state index in [1.165, 1.54) is 24.3 Å². The van der Waals surface area contributed by atoms with Gasteiger partial charge in [0.2, 0.25) is 5.66 Å². The van der Waals surface area contributed by atoms with Gasteiger partial charge < -0.3 is 0 Å². The van der Waals surface area contributed by atoms with Crippen molar-refractivity contribution in [3.63, 3.8) is 0 Å². The van der Waals surface area contributed by atoms with Gasteiger partial charge in [-0.15, -0.1) is 0 Å². The molecule has 0 spiro atoms. The van der Waals surface area contributed by atoms with E-state index in [4.69, 9.17) is 0 Å². The van der Waals surface area contributed by atoms with Crippen LogP contribution in [0.25, 0.3) is 0 Å². The zero-order chi connectivity index (χ0) is 12.3. The first kappa shape index (κ1) is 11.9. The first-order chi connectivity index (χ1) is 8.20. The van der Waals surface area contributed by atoms with Gasteiger partial charge in [0.25, 0.3) is 0 Å². The summed E-state index contributed by atoms with van der Waals surface area (Å²) < 4.78 is 36.8. The highest BCUT2D eigenvalue weighted by Crippen LogP contribution is 2.34. The highest BCUT2D eigenvalue weighted by molar-refractivity contribution is 7.24. The van der Waals surface area contributed by atoms with Crippen molar-refractivity contribution in [1.82, 2.24) is 0 Å². The van der Waals surface area contributed by atoms with Crippen molar-refractivity contribution in [2.75, 3.05) is 0 Å². The third-order valence-corrected chi connectivity index (χ3v) is 3.43. The van der Waals surface area contributed by atoms with E-state index in [0.29, 0.717) is 0 Å². The minimum Gasteiger partial charge on any atom is -0.207 e. The molecule has 0 saturated heterocycles. The van der Waals surface area contributed by atoms with Crippen molar-refractivity contribution in [1.29, 1.82) is 0 Å². The van der Waals surface area contributed by atoms with E-state index in [1.807, 2.05) is 0 Å². The van der Waals surface area contributed by atoms with Gasteiger partial charge in [-0.25, -0.2) is 8.78 Å². The number of hydrogen-bond donors (Lipinski definition) is 0. The molecule has 0 aliphatic rings. The van der Waals surface area contributed by atoms with Crippen molar-refractivity contribution in [3.05, 3.63) is 71.3 Å². The molecule has 0 heterocycles. The predicted octanol–water partition coefficient (Wildman–Crippen LogP) is 4.08. The fraction of sp³-hybridized carbons (Fsp3) is 0.0769. The molecule has 2 aromatic carbocycles. The molecule has 1 unspecified atom stereocenters. The second kappa shape index (κ2) is 5.15. The Balaban J connectivity index is 2.36. The summed E-state index contributed by atoms with van der Waals surface area (Å²) in [4.78, 5) is 0. The van der Waals surface area contributed by atoms with Gasteiger partial charge in [0.15, 0.2) is 0 Å². The molecule has 0 amide bonds. The highest BCUT2D eigenvalue weighted by Gasteiger charge is 2.21. The molecule has 17 heavy (non-hydrogen) atoms. The van der Waals surface area contributed by atoms with Gasteiger partial charge in [-0.1, -0.05) is 28.8 Å². The normalized spacial score (nSPS) is 11.0. The summed E-state index contributed by atoms with van der Waals surface area (Å²) in [6.07, 6.45) is 0. The molecule has 0 fully saturated rings. The maximum Gasteiger partial charge on any atom is 0.337 e. The van der Waals surface area contributed by atoms with Crippen molar-refractivity contribution in [3.8, 4) is 0 Å². The molecule has 0 aromatic heterocycles. The van der Waals surface area contributed by atoms with Crippen LogP contribution in [0.2, 0.25) is 0 Å². The smallest absolute Gasteiger partial charge is 0.207 e. The molecule has 0 aliphatic heterocycles. The Morgan fingerprint density at radius 2 is 1.12 bits per heavy atom. The minimum atomic E-state index is -0.598. The van der Waals surface area contributed by atoms with E-state index in [9.17, 15) is 13.3 Å². The Morgan fingerprint density at radius 3 is 1.41 bits per heavy atom. The average Bonchev–Trinajstić information content (AvgIpc) is 2.35. The molecule has 0 N–H and O–H groups in total. The van der Waals surface area contributed by atoms with Crippen molar-refractivity contribution in [2.45, 2.75) is 5.66 Å². The Labute approximate surface area is 99.3 Å². The van der Waals surface area contributed by atoms with Crippen LogP contribution in [0.4, 0.5) is 8.78 Å². The molecule has 0 aliphatic carbocycles. The van der Waals surface area contributed by atoms with Crippen LogP contribution >= 0.6 is 8.46 Å². The molecule has 2 aromatic rings. The van der Waals surface area contributed by atoms with E-state index in [2.05, 4.69) is 0 Å². The van der Waals surface area contributed by atoms with E-state index >= 15 is 0 Å². The van der Waals surface area contributed by atoms with Crippen molar-refractivity contribution in [2.24, 2.45) is 0 Å². The molecule has 1 nitrogen and oxygen atoms in total. The quantitative estimate of drug-likeness (QED) is 0.751. The molecular formula is C13H10F2OP+. The van der Waals surface area contributed by atoms with Crippen LogP contribution in [0.5, 0.6) is 0 Å². The first-order valence-corrected chi connectivity index (χ1v) is 6.08. The summed E-state index contributed by atoms with van der Waals surface area (Å²) in [6.45, 7) is 0. The second-order valence-electron chi connectivity index (χ2n) is 3.65. The summed E-state index contributed by atoms with van der Waals surface area (Å²) in [6, 6.07) is 11.7. The predicted molar refractivity (Wildman–Crippen MR) is 63.6 cm³/mol. The average molecular weight is 251 g/mol. The zero-order valence-electron chi connectivity index (χ0n) is 8.86. The van der Waals surface area contributed by atoms with Gasteiger partial charge in [0, 0.05) is 11.1 Å². The molecule has 0 bridgehead atoms. The molecule has 4 heteroatoms.